The van der Waals surface area contributed by atoms with E-state index in [0.717, 1.165) is 55.5 Å². The molecule has 5 heteroatoms. The van der Waals surface area contributed by atoms with Gasteiger partial charge < -0.3 is 9.30 Å². The van der Waals surface area contributed by atoms with E-state index in [9.17, 15) is 0 Å². The highest BCUT2D eigenvalue weighted by atomic mass is 32.1. The van der Waals surface area contributed by atoms with Gasteiger partial charge in [0.2, 0.25) is 0 Å². The molecule has 1 aliphatic carbocycles. The first-order valence-corrected chi connectivity index (χ1v) is 6.94. The lowest BCUT2D eigenvalue weighted by Crippen LogP contribution is -2.07. The number of rotatable bonds is 8. The van der Waals surface area contributed by atoms with E-state index in [2.05, 4.69) is 21.7 Å². The lowest BCUT2D eigenvalue weighted by Gasteiger charge is -2.06. The molecule has 0 radical (unpaired) electrons. The summed E-state index contributed by atoms with van der Waals surface area (Å²) >= 11 is 5.22. The van der Waals surface area contributed by atoms with Crippen molar-refractivity contribution >= 4 is 12.2 Å². The summed E-state index contributed by atoms with van der Waals surface area (Å²) in [4.78, 5) is 0. The molecule has 0 bridgehead atoms. The Kier molecular flexibility index (Phi) is 4.74. The molecular weight excluding hydrogens is 234 g/mol. The Morgan fingerprint density at radius 3 is 3.06 bits per heavy atom. The second-order valence-electron chi connectivity index (χ2n) is 4.72. The van der Waals surface area contributed by atoms with Crippen LogP contribution in [-0.2, 0) is 17.7 Å². The average Bonchev–Trinajstić information content (AvgIpc) is 3.07. The van der Waals surface area contributed by atoms with E-state index in [1.807, 2.05) is 0 Å². The van der Waals surface area contributed by atoms with Crippen molar-refractivity contribution in [1.82, 2.24) is 14.8 Å². The number of ether oxygens (including phenoxy) is 1. The second kappa shape index (κ2) is 6.31. The number of aryl methyl sites for hydroxylation is 1. The summed E-state index contributed by atoms with van der Waals surface area (Å²) in [5, 5.41) is 7.11. The van der Waals surface area contributed by atoms with E-state index in [4.69, 9.17) is 17.0 Å². The highest BCUT2D eigenvalue weighted by molar-refractivity contribution is 7.71. The van der Waals surface area contributed by atoms with E-state index in [1.54, 1.807) is 0 Å². The van der Waals surface area contributed by atoms with Crippen LogP contribution in [0.4, 0.5) is 0 Å². The monoisotopic (exact) mass is 255 g/mol. The van der Waals surface area contributed by atoms with Crippen LogP contribution in [0.25, 0.3) is 0 Å². The Bertz CT molecular complexity index is 395. The summed E-state index contributed by atoms with van der Waals surface area (Å²) in [5.74, 6) is 1.92. The van der Waals surface area contributed by atoms with Crippen LogP contribution < -0.4 is 0 Å². The maximum absolute atomic E-state index is 5.62. The molecule has 1 heterocycles. The van der Waals surface area contributed by atoms with Gasteiger partial charge in [0.05, 0.1) is 0 Å². The molecule has 1 aliphatic rings. The normalized spacial score (nSPS) is 15.4. The fourth-order valence-corrected chi connectivity index (χ4v) is 2.10. The number of nitrogens with zero attached hydrogens (tertiary/aromatic N) is 2. The summed E-state index contributed by atoms with van der Waals surface area (Å²) in [5.41, 5.74) is 0. The highest BCUT2D eigenvalue weighted by Gasteiger charge is 2.20. The predicted molar refractivity (Wildman–Crippen MR) is 69.6 cm³/mol. The van der Waals surface area contributed by atoms with Crippen LogP contribution in [0.15, 0.2) is 0 Å². The smallest absolute Gasteiger partial charge is 0.195 e. The van der Waals surface area contributed by atoms with E-state index in [1.165, 1.54) is 12.8 Å². The Morgan fingerprint density at radius 1 is 1.53 bits per heavy atom. The van der Waals surface area contributed by atoms with E-state index >= 15 is 0 Å². The minimum Gasteiger partial charge on any atom is -0.381 e. The minimum absolute atomic E-state index is 0.732. The van der Waals surface area contributed by atoms with Crippen LogP contribution in [-0.4, -0.2) is 28.0 Å². The third-order valence-corrected chi connectivity index (χ3v) is 3.34. The van der Waals surface area contributed by atoms with Crippen molar-refractivity contribution in [2.45, 2.75) is 45.6 Å². The van der Waals surface area contributed by atoms with Gasteiger partial charge in [0.15, 0.2) is 4.77 Å². The van der Waals surface area contributed by atoms with Crippen molar-refractivity contribution in [1.29, 1.82) is 0 Å². The molecule has 0 saturated heterocycles. The zero-order valence-electron chi connectivity index (χ0n) is 10.4. The molecule has 0 aliphatic heterocycles. The van der Waals surface area contributed by atoms with Crippen LogP contribution >= 0.6 is 12.2 Å². The van der Waals surface area contributed by atoms with Crippen molar-refractivity contribution in [3.8, 4) is 0 Å². The lowest BCUT2D eigenvalue weighted by molar-refractivity contribution is 0.119. The van der Waals surface area contributed by atoms with Gasteiger partial charge in [-0.3, -0.25) is 5.10 Å². The van der Waals surface area contributed by atoms with Gasteiger partial charge >= 0.3 is 0 Å². The van der Waals surface area contributed by atoms with Crippen molar-refractivity contribution in [2.24, 2.45) is 5.92 Å². The fourth-order valence-electron chi connectivity index (χ4n) is 1.85. The van der Waals surface area contributed by atoms with Crippen LogP contribution in [0.2, 0.25) is 0 Å². The molecular formula is C12H21N3OS. The fraction of sp³-hybridized carbons (Fsp3) is 0.833. The van der Waals surface area contributed by atoms with E-state index < -0.39 is 0 Å². The maximum atomic E-state index is 5.62. The molecule has 1 aromatic rings. The molecule has 1 fully saturated rings. The first-order chi connectivity index (χ1) is 8.31. The summed E-state index contributed by atoms with van der Waals surface area (Å²) in [6.45, 7) is 4.84. The minimum atomic E-state index is 0.732. The Labute approximate surface area is 107 Å². The van der Waals surface area contributed by atoms with Gasteiger partial charge in [-0.1, -0.05) is 6.92 Å². The zero-order valence-corrected chi connectivity index (χ0v) is 11.3. The van der Waals surface area contributed by atoms with Crippen LogP contribution in [0.5, 0.6) is 0 Å². The van der Waals surface area contributed by atoms with Crippen molar-refractivity contribution < 1.29 is 4.74 Å². The molecule has 1 N–H and O–H groups in total. The van der Waals surface area contributed by atoms with Crippen LogP contribution in [0, 0.1) is 10.7 Å². The number of hydrogen-bond acceptors (Lipinski definition) is 3. The number of nitrogens with one attached hydrogen (secondary N) is 1. The third kappa shape index (κ3) is 3.92. The van der Waals surface area contributed by atoms with Gasteiger partial charge in [0, 0.05) is 26.2 Å². The molecule has 0 aromatic carbocycles. The van der Waals surface area contributed by atoms with Crippen molar-refractivity contribution in [3.05, 3.63) is 10.6 Å². The summed E-state index contributed by atoms with van der Waals surface area (Å²) in [7, 11) is 0. The topological polar surface area (TPSA) is 42.8 Å². The summed E-state index contributed by atoms with van der Waals surface area (Å²) in [6, 6.07) is 0. The molecule has 0 unspecified atom stereocenters. The summed E-state index contributed by atoms with van der Waals surface area (Å²) < 4.78 is 8.45. The van der Waals surface area contributed by atoms with Crippen LogP contribution in [0.3, 0.4) is 0 Å². The molecule has 1 saturated carbocycles. The molecule has 2 rings (SSSR count). The van der Waals surface area contributed by atoms with Gasteiger partial charge in [0.1, 0.15) is 5.82 Å². The number of hydrogen-bond donors (Lipinski definition) is 1. The molecule has 4 nitrogen and oxygen atoms in total. The van der Waals surface area contributed by atoms with Gasteiger partial charge in [-0.2, -0.15) is 5.10 Å². The maximum Gasteiger partial charge on any atom is 0.195 e. The average molecular weight is 255 g/mol. The van der Waals surface area contributed by atoms with E-state index in [-0.39, 0.29) is 0 Å². The first-order valence-electron chi connectivity index (χ1n) is 6.53. The quantitative estimate of drug-likeness (QED) is 0.573. The largest absolute Gasteiger partial charge is 0.381 e. The molecule has 17 heavy (non-hydrogen) atoms. The molecule has 0 spiro atoms. The standard InChI is InChI=1S/C12H21N3OS/c1-2-4-11-13-14-12(17)15(11)7-3-8-16-9-10-5-6-10/h10H,2-9H2,1H3,(H,14,17). The molecule has 96 valence electrons. The van der Waals surface area contributed by atoms with Crippen molar-refractivity contribution in [2.75, 3.05) is 13.2 Å². The first kappa shape index (κ1) is 12.8. The van der Waals surface area contributed by atoms with Gasteiger partial charge in [0.25, 0.3) is 0 Å². The Hall–Kier alpha value is -0.680. The second-order valence-corrected chi connectivity index (χ2v) is 5.11. The lowest BCUT2D eigenvalue weighted by atomic mass is 10.3. The predicted octanol–water partition coefficient (Wildman–Crippen LogP) is 2.71. The van der Waals surface area contributed by atoms with Crippen LogP contribution in [0.1, 0.15) is 38.4 Å². The Balaban J connectivity index is 1.72. The van der Waals surface area contributed by atoms with Gasteiger partial charge in [-0.15, -0.1) is 0 Å². The molecule has 1 aromatic heterocycles. The third-order valence-electron chi connectivity index (χ3n) is 3.03. The van der Waals surface area contributed by atoms with E-state index in [0.29, 0.717) is 0 Å². The van der Waals surface area contributed by atoms with Crippen molar-refractivity contribution in [3.63, 3.8) is 0 Å². The Morgan fingerprint density at radius 2 is 2.35 bits per heavy atom. The summed E-state index contributed by atoms with van der Waals surface area (Å²) in [6.07, 6.45) is 5.80. The number of aromatic nitrogens is 3. The highest BCUT2D eigenvalue weighted by Crippen LogP contribution is 2.28. The number of aromatic amines is 1. The molecule has 0 amide bonds. The van der Waals surface area contributed by atoms with Gasteiger partial charge in [-0.25, -0.2) is 0 Å². The van der Waals surface area contributed by atoms with Gasteiger partial charge in [-0.05, 0) is 43.8 Å². The SMILES string of the molecule is CCCc1n[nH]c(=S)n1CCCOCC1CC1. The number of H-pyrrole nitrogens is 1. The zero-order chi connectivity index (χ0) is 12.1. The molecule has 0 atom stereocenters.